The minimum Gasteiger partial charge on any atom is -0.493 e. The molecule has 2 saturated heterocycles. The lowest BCUT2D eigenvalue weighted by Gasteiger charge is -2.41. The van der Waals surface area contributed by atoms with Crippen LogP contribution in [-0.2, 0) is 20.7 Å². The Bertz CT molecular complexity index is 1270. The molecule has 2 aliphatic heterocycles. The largest absolute Gasteiger partial charge is 0.493 e. The molecule has 3 aliphatic rings. The van der Waals surface area contributed by atoms with Gasteiger partial charge in [-0.15, -0.1) is 0 Å². The maximum absolute atomic E-state index is 16.1. The van der Waals surface area contributed by atoms with E-state index in [1.54, 1.807) is 0 Å². The van der Waals surface area contributed by atoms with Crippen molar-refractivity contribution in [3.05, 3.63) is 58.6 Å². The highest BCUT2D eigenvalue weighted by molar-refractivity contribution is 9.10. The number of carbonyl (C=O) groups excluding carboxylic acids is 1. The highest BCUT2D eigenvalue weighted by Gasteiger charge is 2.53. The zero-order chi connectivity index (χ0) is 28.5. The summed E-state index contributed by atoms with van der Waals surface area (Å²) in [5, 5.41) is 0. The van der Waals surface area contributed by atoms with Crippen molar-refractivity contribution in [3.8, 4) is 5.75 Å². The van der Waals surface area contributed by atoms with Gasteiger partial charge in [-0.25, -0.2) is 8.42 Å². The number of hydrogen-bond acceptors (Lipinski definition) is 4. The summed E-state index contributed by atoms with van der Waals surface area (Å²) in [6, 6.07) is 8.49. The smallest absolute Gasteiger partial charge is 0.298 e. The Hall–Kier alpha value is -2.04. The molecule has 6 nitrogen and oxygen atoms in total. The topological polar surface area (TPSA) is 75.7 Å². The van der Waals surface area contributed by atoms with Gasteiger partial charge < -0.3 is 9.64 Å². The van der Waals surface area contributed by atoms with E-state index in [9.17, 15) is 13.2 Å². The third-order valence-electron chi connectivity index (χ3n) is 8.68. The fourth-order valence-electron chi connectivity index (χ4n) is 6.58. The lowest BCUT2D eigenvalue weighted by atomic mass is 9.90. The monoisotopic (exact) mass is 638 g/mol. The average Bonchev–Trinajstić information content (AvgIpc) is 3.21. The molecule has 2 heterocycles. The highest BCUT2D eigenvalue weighted by Crippen LogP contribution is 2.42. The number of amides is 1. The van der Waals surface area contributed by atoms with Crippen molar-refractivity contribution < 1.29 is 26.7 Å². The van der Waals surface area contributed by atoms with Gasteiger partial charge in [-0.1, -0.05) is 54.2 Å². The van der Waals surface area contributed by atoms with Crippen molar-refractivity contribution in [3.63, 3.8) is 0 Å². The van der Waals surface area contributed by atoms with Crippen LogP contribution in [0.15, 0.2) is 57.9 Å². The van der Waals surface area contributed by atoms with E-state index in [-0.39, 0.29) is 17.0 Å². The lowest BCUT2D eigenvalue weighted by molar-refractivity contribution is -0.149. The molecule has 0 radical (unpaired) electrons. The molecular weight excluding hydrogens is 602 g/mol. The molecule has 1 N–H and O–H groups in total. The Morgan fingerprint density at radius 3 is 2.20 bits per heavy atom. The molecule has 1 aliphatic carbocycles. The molecule has 3 fully saturated rings. The fourth-order valence-corrected chi connectivity index (χ4v) is 8.04. The van der Waals surface area contributed by atoms with Crippen LogP contribution in [0.3, 0.4) is 0 Å². The molecule has 10 heteroatoms. The van der Waals surface area contributed by atoms with Crippen molar-refractivity contribution in [1.29, 1.82) is 0 Å². The van der Waals surface area contributed by atoms with Crippen LogP contribution in [0.1, 0.15) is 70.3 Å². The third kappa shape index (κ3) is 6.39. The maximum atomic E-state index is 16.1. The predicted molar refractivity (Wildman–Crippen MR) is 153 cm³/mol. The van der Waals surface area contributed by atoms with E-state index >= 15 is 8.78 Å². The van der Waals surface area contributed by atoms with Crippen LogP contribution in [-0.4, -0.2) is 44.0 Å². The zero-order valence-electron chi connectivity index (χ0n) is 22.7. The van der Waals surface area contributed by atoms with Gasteiger partial charge in [0.25, 0.3) is 5.92 Å². The molecule has 2 aromatic rings. The number of nitrogens with one attached hydrogen (secondary N) is 1. The van der Waals surface area contributed by atoms with Gasteiger partial charge in [0, 0.05) is 22.1 Å². The van der Waals surface area contributed by atoms with Gasteiger partial charge in [0.15, 0.2) is 6.04 Å². The van der Waals surface area contributed by atoms with Crippen LogP contribution in [0.5, 0.6) is 5.75 Å². The highest BCUT2D eigenvalue weighted by atomic mass is 79.9. The molecule has 5 rings (SSSR count). The van der Waals surface area contributed by atoms with Gasteiger partial charge in [0.2, 0.25) is 15.9 Å². The lowest BCUT2D eigenvalue weighted by Crippen LogP contribution is -2.59. The average molecular weight is 640 g/mol. The van der Waals surface area contributed by atoms with Crippen molar-refractivity contribution >= 4 is 31.9 Å². The number of carbonyl (C=O) groups is 1. The van der Waals surface area contributed by atoms with E-state index in [0.29, 0.717) is 28.7 Å². The molecule has 1 saturated carbocycles. The molecule has 0 spiro atoms. The standard InChI is InChI=1S/C30H37BrF2N2O4S/c1-20-17-24-11-12-25(18-20)35(24)29(36)28(30(32,33)22-7-9-23(31)10-8-22)34-40(37,38)27-15-13-26(14-16-27)39-19-21-5-3-2-4-6-21/h7-10,13-16,20-21,24-25,28,34H,2-6,11-12,17-19H2,1H3. The first-order chi connectivity index (χ1) is 19.0. The predicted octanol–water partition coefficient (Wildman–Crippen LogP) is 6.64. The number of piperidine rings is 1. The fraction of sp³-hybridized carbons (Fsp3) is 0.567. The zero-order valence-corrected chi connectivity index (χ0v) is 25.1. The van der Waals surface area contributed by atoms with Crippen LogP contribution < -0.4 is 9.46 Å². The Morgan fingerprint density at radius 2 is 1.60 bits per heavy atom. The number of ether oxygens (including phenoxy) is 1. The summed E-state index contributed by atoms with van der Waals surface area (Å²) in [5.41, 5.74) is -0.430. The van der Waals surface area contributed by atoms with Crippen LogP contribution in [0.4, 0.5) is 8.78 Å². The van der Waals surface area contributed by atoms with Gasteiger partial charge >= 0.3 is 0 Å². The van der Waals surface area contributed by atoms with Crippen LogP contribution in [0.2, 0.25) is 0 Å². The van der Waals surface area contributed by atoms with Crippen molar-refractivity contribution in [1.82, 2.24) is 9.62 Å². The summed E-state index contributed by atoms with van der Waals surface area (Å²) >= 11 is 3.25. The normalized spacial score (nSPS) is 24.6. The van der Waals surface area contributed by atoms with E-state index in [2.05, 4.69) is 27.6 Å². The van der Waals surface area contributed by atoms with E-state index in [1.807, 2.05) is 0 Å². The molecule has 2 bridgehead atoms. The summed E-state index contributed by atoms with van der Waals surface area (Å²) in [5.74, 6) is -3.25. The maximum Gasteiger partial charge on any atom is 0.298 e. The second kappa shape index (κ2) is 12.1. The summed E-state index contributed by atoms with van der Waals surface area (Å²) < 4.78 is 67.7. The Morgan fingerprint density at radius 1 is 1.00 bits per heavy atom. The minimum absolute atomic E-state index is 0.158. The van der Waals surface area contributed by atoms with Crippen LogP contribution >= 0.6 is 15.9 Å². The van der Waals surface area contributed by atoms with Crippen LogP contribution in [0.25, 0.3) is 0 Å². The third-order valence-corrected chi connectivity index (χ3v) is 10.6. The van der Waals surface area contributed by atoms with E-state index in [0.717, 1.165) is 38.5 Å². The molecule has 40 heavy (non-hydrogen) atoms. The summed E-state index contributed by atoms with van der Waals surface area (Å²) in [6.07, 6.45) is 8.82. The Labute approximate surface area is 244 Å². The van der Waals surface area contributed by atoms with E-state index < -0.39 is 33.5 Å². The quantitative estimate of drug-likeness (QED) is 0.334. The van der Waals surface area contributed by atoms with Gasteiger partial charge in [-0.3, -0.25) is 4.79 Å². The number of sulfonamides is 1. The van der Waals surface area contributed by atoms with Gasteiger partial charge in [-0.2, -0.15) is 13.5 Å². The number of fused-ring (bicyclic) bond motifs is 2. The second-order valence-electron chi connectivity index (χ2n) is 11.7. The number of nitrogens with zero attached hydrogens (tertiary/aromatic N) is 1. The number of alkyl halides is 2. The summed E-state index contributed by atoms with van der Waals surface area (Å²) in [6.45, 7) is 2.67. The first-order valence-corrected chi connectivity index (χ1v) is 16.5. The first kappa shape index (κ1) is 29.5. The summed E-state index contributed by atoms with van der Waals surface area (Å²) in [7, 11) is -4.46. The SMILES string of the molecule is CC1CC2CCC(C1)N2C(=O)C(NS(=O)(=O)c1ccc(OCC2CCCCC2)cc1)C(F)(F)c1ccc(Br)cc1. The molecule has 3 atom stereocenters. The van der Waals surface area contributed by atoms with Gasteiger partial charge in [-0.05, 0) is 86.8 Å². The number of benzene rings is 2. The Balaban J connectivity index is 1.38. The van der Waals surface area contributed by atoms with Crippen molar-refractivity contribution in [2.45, 2.75) is 93.7 Å². The van der Waals surface area contributed by atoms with E-state index in [1.165, 1.54) is 72.7 Å². The number of hydrogen-bond donors (Lipinski definition) is 1. The van der Waals surface area contributed by atoms with Crippen molar-refractivity contribution in [2.75, 3.05) is 6.61 Å². The van der Waals surface area contributed by atoms with Crippen LogP contribution in [0, 0.1) is 11.8 Å². The summed E-state index contributed by atoms with van der Waals surface area (Å²) in [4.78, 5) is 15.2. The van der Waals surface area contributed by atoms with Gasteiger partial charge in [0.05, 0.1) is 11.5 Å². The van der Waals surface area contributed by atoms with Crippen molar-refractivity contribution in [2.24, 2.45) is 11.8 Å². The molecule has 218 valence electrons. The number of halogens is 3. The molecule has 3 unspecified atom stereocenters. The molecule has 0 aromatic heterocycles. The molecule has 1 amide bonds. The van der Waals surface area contributed by atoms with Gasteiger partial charge in [0.1, 0.15) is 5.75 Å². The second-order valence-corrected chi connectivity index (χ2v) is 14.3. The molecule has 2 aromatic carbocycles. The number of rotatable bonds is 9. The van der Waals surface area contributed by atoms with E-state index in [4.69, 9.17) is 4.74 Å². The molecular formula is C30H37BrF2N2O4S. The Kier molecular flexibility index (Phi) is 8.88. The minimum atomic E-state index is -4.46. The first-order valence-electron chi connectivity index (χ1n) is 14.3.